The van der Waals surface area contributed by atoms with Crippen LogP contribution in [0, 0.1) is 20.8 Å². The summed E-state index contributed by atoms with van der Waals surface area (Å²) in [5.74, 6) is 0.384. The number of para-hydroxylation sites is 1. The van der Waals surface area contributed by atoms with Crippen LogP contribution in [-0.4, -0.2) is 6.03 Å². The molecule has 1 aromatic heterocycles. The summed E-state index contributed by atoms with van der Waals surface area (Å²) in [5.41, 5.74) is 11.4. The van der Waals surface area contributed by atoms with E-state index >= 15 is 0 Å². The van der Waals surface area contributed by atoms with Crippen LogP contribution in [0.1, 0.15) is 34.2 Å². The molecule has 1 aliphatic rings. The number of furan rings is 1. The zero-order valence-electron chi connectivity index (χ0n) is 21.7. The molecule has 1 aliphatic carbocycles. The Bertz CT molecular complexity index is 1690. The van der Waals surface area contributed by atoms with Gasteiger partial charge in [-0.25, -0.2) is 4.79 Å². The van der Waals surface area contributed by atoms with E-state index in [-0.39, 0.29) is 6.03 Å². The molecule has 0 fully saturated rings. The summed E-state index contributed by atoms with van der Waals surface area (Å²) >= 11 is 6.63. The van der Waals surface area contributed by atoms with Crippen molar-refractivity contribution < 1.29 is 9.21 Å². The Morgan fingerprint density at radius 1 is 0.789 bits per heavy atom. The van der Waals surface area contributed by atoms with E-state index in [0.29, 0.717) is 10.9 Å². The van der Waals surface area contributed by atoms with Crippen LogP contribution in [0.4, 0.5) is 16.4 Å². The van der Waals surface area contributed by atoms with E-state index in [2.05, 4.69) is 55.7 Å². The van der Waals surface area contributed by atoms with Crippen molar-refractivity contribution in [3.8, 4) is 22.3 Å². The van der Waals surface area contributed by atoms with Gasteiger partial charge in [0.25, 0.3) is 0 Å². The monoisotopic (exact) mass is 520 g/mol. The third-order valence-corrected chi connectivity index (χ3v) is 7.72. The lowest BCUT2D eigenvalue weighted by Crippen LogP contribution is -2.20. The Balaban J connectivity index is 1.39. The van der Waals surface area contributed by atoms with E-state index in [4.69, 9.17) is 16.0 Å². The molecule has 2 amide bonds. The highest BCUT2D eigenvalue weighted by Gasteiger charge is 2.23. The van der Waals surface area contributed by atoms with Crippen molar-refractivity contribution in [3.63, 3.8) is 0 Å². The fraction of sp³-hybridized carbons (Fsp3) is 0.182. The molecule has 6 rings (SSSR count). The average molecular weight is 521 g/mol. The van der Waals surface area contributed by atoms with Crippen LogP contribution in [-0.2, 0) is 12.8 Å². The number of urea groups is 1. The van der Waals surface area contributed by atoms with Gasteiger partial charge in [-0.2, -0.15) is 0 Å². The molecule has 0 saturated heterocycles. The molecular weight excluding hydrogens is 492 g/mol. The molecule has 1 heterocycles. The Morgan fingerprint density at radius 2 is 1.45 bits per heavy atom. The number of carbonyl (C=O) groups excluding carboxylic acids is 1. The third-order valence-electron chi connectivity index (χ3n) is 7.39. The van der Waals surface area contributed by atoms with Crippen LogP contribution in [0.3, 0.4) is 0 Å². The Hall–Kier alpha value is -4.02. The SMILES string of the molecule is Cc1cc(C)c(-c2ccccc2NC(=O)Nc2oc3cc4c(cc3c2-c2ccccc2Cl)CCC4)c(C)c1. The van der Waals surface area contributed by atoms with Crippen molar-refractivity contribution in [2.24, 2.45) is 0 Å². The van der Waals surface area contributed by atoms with E-state index in [0.717, 1.165) is 58.2 Å². The number of hydrogen-bond acceptors (Lipinski definition) is 2. The van der Waals surface area contributed by atoms with E-state index < -0.39 is 0 Å². The van der Waals surface area contributed by atoms with Crippen LogP contribution < -0.4 is 10.6 Å². The van der Waals surface area contributed by atoms with Crippen molar-refractivity contribution in [2.45, 2.75) is 40.0 Å². The van der Waals surface area contributed by atoms with Gasteiger partial charge in [0.1, 0.15) is 5.58 Å². The van der Waals surface area contributed by atoms with Crippen LogP contribution in [0.15, 0.2) is 77.2 Å². The molecule has 0 atom stereocenters. The van der Waals surface area contributed by atoms with Crippen molar-refractivity contribution in [1.82, 2.24) is 0 Å². The summed E-state index contributed by atoms with van der Waals surface area (Å²) in [5, 5.41) is 7.62. The zero-order chi connectivity index (χ0) is 26.4. The Labute approximate surface area is 227 Å². The minimum absolute atomic E-state index is 0.375. The maximum atomic E-state index is 13.4. The van der Waals surface area contributed by atoms with Gasteiger partial charge in [0.05, 0.1) is 11.3 Å². The van der Waals surface area contributed by atoms with E-state index in [9.17, 15) is 4.79 Å². The summed E-state index contributed by atoms with van der Waals surface area (Å²) < 4.78 is 6.28. The lowest BCUT2D eigenvalue weighted by atomic mass is 9.93. The molecule has 2 N–H and O–H groups in total. The molecular formula is C33H29ClN2O2. The largest absolute Gasteiger partial charge is 0.440 e. The first-order valence-corrected chi connectivity index (χ1v) is 13.4. The molecule has 5 heteroatoms. The number of carbonyl (C=O) groups is 1. The summed E-state index contributed by atoms with van der Waals surface area (Å²) in [4.78, 5) is 13.4. The molecule has 0 unspecified atom stereocenters. The predicted molar refractivity (Wildman–Crippen MR) is 157 cm³/mol. The lowest BCUT2D eigenvalue weighted by molar-refractivity contribution is 0.261. The van der Waals surface area contributed by atoms with Crippen LogP contribution >= 0.6 is 11.6 Å². The fourth-order valence-corrected chi connectivity index (χ4v) is 6.09. The average Bonchev–Trinajstić information content (AvgIpc) is 3.46. The summed E-state index contributed by atoms with van der Waals surface area (Å²) in [7, 11) is 0. The number of aryl methyl sites for hydroxylation is 5. The standard InChI is InChI=1S/C33H29ClN2O2/c1-19-15-20(2)30(21(3)16-19)25-12-5-7-14-28(25)35-33(37)36-32-31(24-11-4-6-13-27(24)34)26-17-22-9-8-10-23(22)18-29(26)38-32/h4-7,11-18H,8-10H2,1-3H3,(H2,35,36,37). The van der Waals surface area contributed by atoms with E-state index in [1.54, 1.807) is 0 Å². The minimum atomic E-state index is -0.375. The van der Waals surface area contributed by atoms with Crippen molar-refractivity contribution in [2.75, 3.05) is 10.6 Å². The second kappa shape index (κ2) is 9.70. The second-order valence-electron chi connectivity index (χ2n) is 10.2. The van der Waals surface area contributed by atoms with E-state index in [1.807, 2.05) is 48.5 Å². The molecule has 5 aromatic rings. The fourth-order valence-electron chi connectivity index (χ4n) is 5.86. The summed E-state index contributed by atoms with van der Waals surface area (Å²) in [6.07, 6.45) is 3.25. The van der Waals surface area contributed by atoms with Gasteiger partial charge in [0.15, 0.2) is 0 Å². The Kier molecular flexibility index (Phi) is 6.21. The van der Waals surface area contributed by atoms with Crippen LogP contribution in [0.5, 0.6) is 0 Å². The van der Waals surface area contributed by atoms with Crippen LogP contribution in [0.25, 0.3) is 33.2 Å². The third kappa shape index (κ3) is 4.35. The number of hydrogen-bond donors (Lipinski definition) is 2. The first-order chi connectivity index (χ1) is 18.4. The maximum Gasteiger partial charge on any atom is 0.326 e. The molecule has 4 aromatic carbocycles. The van der Waals surface area contributed by atoms with Gasteiger partial charge >= 0.3 is 6.03 Å². The van der Waals surface area contributed by atoms with Gasteiger partial charge in [0.2, 0.25) is 5.88 Å². The minimum Gasteiger partial charge on any atom is -0.440 e. The van der Waals surface area contributed by atoms with Crippen molar-refractivity contribution >= 4 is 40.2 Å². The Morgan fingerprint density at radius 3 is 2.18 bits per heavy atom. The maximum absolute atomic E-state index is 13.4. The van der Waals surface area contributed by atoms with E-state index in [1.165, 1.54) is 27.8 Å². The molecule has 0 spiro atoms. The number of halogens is 1. The van der Waals surface area contributed by atoms with Crippen LogP contribution in [0.2, 0.25) is 5.02 Å². The van der Waals surface area contributed by atoms with Crippen molar-refractivity contribution in [1.29, 1.82) is 0 Å². The number of benzene rings is 4. The van der Waals surface area contributed by atoms with Gasteiger partial charge in [0, 0.05) is 21.5 Å². The molecule has 0 saturated carbocycles. The summed E-state index contributed by atoms with van der Waals surface area (Å²) in [6, 6.07) is 23.8. The highest BCUT2D eigenvalue weighted by Crippen LogP contribution is 2.43. The van der Waals surface area contributed by atoms with Gasteiger partial charge in [-0.05, 0) is 92.1 Å². The molecule has 38 heavy (non-hydrogen) atoms. The summed E-state index contributed by atoms with van der Waals surface area (Å²) in [6.45, 7) is 6.31. The molecule has 4 nitrogen and oxygen atoms in total. The highest BCUT2D eigenvalue weighted by molar-refractivity contribution is 6.34. The normalized spacial score (nSPS) is 12.5. The van der Waals surface area contributed by atoms with Gasteiger partial charge in [-0.1, -0.05) is 65.7 Å². The molecule has 0 bridgehead atoms. The second-order valence-corrected chi connectivity index (χ2v) is 10.6. The molecule has 0 aliphatic heterocycles. The molecule has 190 valence electrons. The quantitative estimate of drug-likeness (QED) is 0.248. The molecule has 0 radical (unpaired) electrons. The number of fused-ring (bicyclic) bond motifs is 2. The van der Waals surface area contributed by atoms with Gasteiger partial charge in [-0.3, -0.25) is 5.32 Å². The van der Waals surface area contributed by atoms with Gasteiger partial charge < -0.3 is 9.73 Å². The number of rotatable bonds is 4. The highest BCUT2D eigenvalue weighted by atomic mass is 35.5. The zero-order valence-corrected chi connectivity index (χ0v) is 22.5. The van der Waals surface area contributed by atoms with Crippen molar-refractivity contribution in [3.05, 3.63) is 106 Å². The topological polar surface area (TPSA) is 54.3 Å². The number of anilines is 2. The number of amides is 2. The number of nitrogens with one attached hydrogen (secondary N) is 2. The first-order valence-electron chi connectivity index (χ1n) is 13.0. The predicted octanol–water partition coefficient (Wildman–Crippen LogP) is 9.48. The lowest BCUT2D eigenvalue weighted by Gasteiger charge is -2.16. The first kappa shape index (κ1) is 24.3. The smallest absolute Gasteiger partial charge is 0.326 e. The van der Waals surface area contributed by atoms with Gasteiger partial charge in [-0.15, -0.1) is 0 Å².